The Morgan fingerprint density at radius 3 is 1.13 bits per heavy atom. The number of carbonyl (C=O) groups excluding carboxylic acids is 1. The Bertz CT molecular complexity index is 821. The Morgan fingerprint density at radius 2 is 0.759 bits per heavy atom. The first kappa shape index (κ1) is 52.6. The Kier molecular flexibility index (Phi) is 44.8. The van der Waals surface area contributed by atoms with Crippen molar-refractivity contribution in [3.63, 3.8) is 0 Å². The average Bonchev–Trinajstić information content (AvgIpc) is 3.18. The number of unbranched alkanes of at least 4 members (excludes halogenated alkanes) is 31. The first-order valence-corrected chi connectivity index (χ1v) is 24.2. The summed E-state index contributed by atoms with van der Waals surface area (Å²) in [4.78, 5) is 12.4. The summed E-state index contributed by atoms with van der Waals surface area (Å²) in [7, 11) is 0. The van der Waals surface area contributed by atoms with Crippen molar-refractivity contribution in [1.82, 2.24) is 5.32 Å². The van der Waals surface area contributed by atoms with Crippen LogP contribution >= 0.6 is 0 Å². The van der Waals surface area contributed by atoms with E-state index in [1.54, 1.807) is 0 Å². The number of carbonyl (C=O) groups is 1. The van der Waals surface area contributed by atoms with Crippen LogP contribution in [0.1, 0.15) is 258 Å². The van der Waals surface area contributed by atoms with E-state index in [4.69, 9.17) is 0 Å². The van der Waals surface area contributed by atoms with Gasteiger partial charge in [0, 0.05) is 6.42 Å². The normalized spacial score (nSPS) is 13.2. The molecule has 0 saturated carbocycles. The molecular weight excluding hydrogens is 663 g/mol. The zero-order valence-electron chi connectivity index (χ0n) is 36.5. The molecule has 2 atom stereocenters. The van der Waals surface area contributed by atoms with Crippen LogP contribution in [0.5, 0.6) is 0 Å². The van der Waals surface area contributed by atoms with Crippen molar-refractivity contribution in [2.24, 2.45) is 0 Å². The molecule has 0 aromatic heterocycles. The van der Waals surface area contributed by atoms with Crippen molar-refractivity contribution in [2.45, 2.75) is 270 Å². The summed E-state index contributed by atoms with van der Waals surface area (Å²) in [6.07, 6.45) is 60.9. The Hall–Kier alpha value is -1.39. The molecule has 0 aliphatic heterocycles. The second-order valence-electron chi connectivity index (χ2n) is 16.5. The fourth-order valence-electron chi connectivity index (χ4n) is 7.43. The van der Waals surface area contributed by atoms with Gasteiger partial charge in [-0.3, -0.25) is 4.79 Å². The predicted octanol–water partition coefficient (Wildman–Crippen LogP) is 15.4. The standard InChI is InChI=1S/C50H95NO3/c1-3-5-7-9-11-13-15-17-19-21-23-24-25-26-28-30-32-34-36-38-40-42-44-46-50(54)51-48(47-52)49(53)45-43-41-39-37-35-33-31-29-27-22-20-18-16-14-12-10-8-6-4-2/h15,17,21,23,25-26,48-49,52-53H,3-14,16,18-20,22,24,27-47H2,1-2H3,(H,51,54)/b17-15-,23-21-,26-25-. The van der Waals surface area contributed by atoms with Crippen molar-refractivity contribution < 1.29 is 15.0 Å². The molecule has 0 aromatic rings. The van der Waals surface area contributed by atoms with Crippen LogP contribution in [0.3, 0.4) is 0 Å². The summed E-state index contributed by atoms with van der Waals surface area (Å²) in [5.41, 5.74) is 0. The van der Waals surface area contributed by atoms with Crippen molar-refractivity contribution in [1.29, 1.82) is 0 Å². The van der Waals surface area contributed by atoms with Gasteiger partial charge < -0.3 is 15.5 Å². The monoisotopic (exact) mass is 758 g/mol. The highest BCUT2D eigenvalue weighted by Crippen LogP contribution is 2.16. The van der Waals surface area contributed by atoms with E-state index in [0.29, 0.717) is 12.8 Å². The quantitative estimate of drug-likeness (QED) is 0.0428. The summed E-state index contributed by atoms with van der Waals surface area (Å²) in [6, 6.07) is -0.540. The first-order valence-electron chi connectivity index (χ1n) is 24.2. The lowest BCUT2D eigenvalue weighted by Gasteiger charge is -2.22. The number of aliphatic hydroxyl groups is 2. The third-order valence-corrected chi connectivity index (χ3v) is 11.2. The van der Waals surface area contributed by atoms with E-state index >= 15 is 0 Å². The lowest BCUT2D eigenvalue weighted by molar-refractivity contribution is -0.123. The highest BCUT2D eigenvalue weighted by atomic mass is 16.3. The molecule has 54 heavy (non-hydrogen) atoms. The van der Waals surface area contributed by atoms with Gasteiger partial charge in [-0.15, -0.1) is 0 Å². The molecule has 0 aliphatic carbocycles. The predicted molar refractivity (Wildman–Crippen MR) is 239 cm³/mol. The number of hydrogen-bond acceptors (Lipinski definition) is 3. The molecule has 0 rings (SSSR count). The van der Waals surface area contributed by atoms with Crippen LogP contribution in [0.4, 0.5) is 0 Å². The van der Waals surface area contributed by atoms with E-state index in [-0.39, 0.29) is 12.5 Å². The summed E-state index contributed by atoms with van der Waals surface area (Å²) in [5, 5.41) is 23.2. The van der Waals surface area contributed by atoms with E-state index in [1.165, 1.54) is 193 Å². The minimum Gasteiger partial charge on any atom is -0.394 e. The van der Waals surface area contributed by atoms with Crippen LogP contribution in [0.15, 0.2) is 36.5 Å². The number of rotatable bonds is 44. The van der Waals surface area contributed by atoms with E-state index in [9.17, 15) is 15.0 Å². The van der Waals surface area contributed by atoms with E-state index in [1.807, 2.05) is 0 Å². The van der Waals surface area contributed by atoms with Gasteiger partial charge in [0.25, 0.3) is 0 Å². The highest BCUT2D eigenvalue weighted by Gasteiger charge is 2.20. The van der Waals surface area contributed by atoms with Crippen molar-refractivity contribution >= 4 is 5.91 Å². The minimum atomic E-state index is -0.663. The summed E-state index contributed by atoms with van der Waals surface area (Å²) in [5.74, 6) is -0.0369. The minimum absolute atomic E-state index is 0.0369. The van der Waals surface area contributed by atoms with Crippen LogP contribution in [-0.4, -0.2) is 34.9 Å². The van der Waals surface area contributed by atoms with Gasteiger partial charge in [-0.1, -0.05) is 237 Å². The summed E-state index contributed by atoms with van der Waals surface area (Å²) >= 11 is 0. The van der Waals surface area contributed by atoms with Crippen LogP contribution < -0.4 is 5.32 Å². The lowest BCUT2D eigenvalue weighted by Crippen LogP contribution is -2.45. The Labute approximate surface area is 338 Å². The van der Waals surface area contributed by atoms with Crippen molar-refractivity contribution in [3.05, 3.63) is 36.5 Å². The molecule has 4 heteroatoms. The van der Waals surface area contributed by atoms with Gasteiger partial charge in [0.2, 0.25) is 5.91 Å². The molecule has 3 N–H and O–H groups in total. The molecule has 0 spiro atoms. The van der Waals surface area contributed by atoms with Gasteiger partial charge in [0.1, 0.15) is 0 Å². The molecule has 0 saturated heterocycles. The topological polar surface area (TPSA) is 69.6 Å². The van der Waals surface area contributed by atoms with Gasteiger partial charge >= 0.3 is 0 Å². The van der Waals surface area contributed by atoms with Gasteiger partial charge in [-0.25, -0.2) is 0 Å². The zero-order valence-corrected chi connectivity index (χ0v) is 36.5. The highest BCUT2D eigenvalue weighted by molar-refractivity contribution is 5.76. The molecule has 0 fully saturated rings. The summed E-state index contributed by atoms with van der Waals surface area (Å²) in [6.45, 7) is 4.36. The van der Waals surface area contributed by atoms with Gasteiger partial charge in [-0.2, -0.15) is 0 Å². The van der Waals surface area contributed by atoms with Crippen LogP contribution in [0.25, 0.3) is 0 Å². The van der Waals surface area contributed by atoms with Gasteiger partial charge in [0.15, 0.2) is 0 Å². The number of aliphatic hydroxyl groups excluding tert-OH is 2. The second kappa shape index (κ2) is 46.0. The third-order valence-electron chi connectivity index (χ3n) is 11.2. The van der Waals surface area contributed by atoms with Crippen molar-refractivity contribution in [2.75, 3.05) is 6.61 Å². The Balaban J connectivity index is 3.52. The number of nitrogens with one attached hydrogen (secondary N) is 1. The zero-order chi connectivity index (χ0) is 39.3. The van der Waals surface area contributed by atoms with Gasteiger partial charge in [0.05, 0.1) is 18.8 Å². The maximum Gasteiger partial charge on any atom is 0.220 e. The Morgan fingerprint density at radius 1 is 0.444 bits per heavy atom. The van der Waals surface area contributed by atoms with Crippen LogP contribution in [0, 0.1) is 0 Å². The van der Waals surface area contributed by atoms with E-state index in [2.05, 4.69) is 55.6 Å². The van der Waals surface area contributed by atoms with E-state index in [0.717, 1.165) is 38.5 Å². The molecule has 0 heterocycles. The molecule has 0 radical (unpaired) electrons. The number of amides is 1. The molecule has 0 bridgehead atoms. The molecule has 1 amide bonds. The molecule has 318 valence electrons. The maximum absolute atomic E-state index is 12.4. The summed E-state index contributed by atoms with van der Waals surface area (Å²) < 4.78 is 0. The van der Waals surface area contributed by atoms with Gasteiger partial charge in [-0.05, 0) is 51.4 Å². The second-order valence-corrected chi connectivity index (χ2v) is 16.5. The fourth-order valence-corrected chi connectivity index (χ4v) is 7.43. The first-order chi connectivity index (χ1) is 26.7. The molecule has 0 aromatic carbocycles. The SMILES string of the molecule is CCCCCCC/C=C\C/C=C\C/C=C\CCCCCCCCCCC(=O)NC(CO)C(O)CCCCCCCCCCCCCCCCCCCCC. The largest absolute Gasteiger partial charge is 0.394 e. The molecular formula is C50H95NO3. The fraction of sp³-hybridized carbons (Fsp3) is 0.860. The molecule has 2 unspecified atom stereocenters. The molecule has 0 aliphatic rings. The lowest BCUT2D eigenvalue weighted by atomic mass is 10.0. The maximum atomic E-state index is 12.4. The smallest absolute Gasteiger partial charge is 0.220 e. The van der Waals surface area contributed by atoms with Crippen molar-refractivity contribution in [3.8, 4) is 0 Å². The third kappa shape index (κ3) is 41.8. The van der Waals surface area contributed by atoms with Crippen LogP contribution in [-0.2, 0) is 4.79 Å². The molecule has 4 nitrogen and oxygen atoms in total. The average molecular weight is 758 g/mol. The van der Waals surface area contributed by atoms with Crippen LogP contribution in [0.2, 0.25) is 0 Å². The number of hydrogen-bond donors (Lipinski definition) is 3. The van der Waals surface area contributed by atoms with E-state index < -0.39 is 12.1 Å². The number of allylic oxidation sites excluding steroid dienone is 6.